The molecule has 0 unspecified atom stereocenters. The van der Waals surface area contributed by atoms with Gasteiger partial charge in [0.15, 0.2) is 0 Å². The van der Waals surface area contributed by atoms with E-state index in [0.29, 0.717) is 11.9 Å². The number of piperidine rings is 1. The van der Waals surface area contributed by atoms with E-state index < -0.39 is 35.9 Å². The summed E-state index contributed by atoms with van der Waals surface area (Å²) in [6.45, 7) is 3.42. The minimum Gasteiger partial charge on any atom is -0.490 e. The molecule has 0 aromatic heterocycles. The molecule has 2 fully saturated rings. The molecule has 0 radical (unpaired) electrons. The van der Waals surface area contributed by atoms with Gasteiger partial charge in [0.25, 0.3) is 0 Å². The normalized spacial score (nSPS) is 24.3. The van der Waals surface area contributed by atoms with E-state index in [-0.39, 0.29) is 55.2 Å². The van der Waals surface area contributed by atoms with Crippen molar-refractivity contribution in [3.63, 3.8) is 0 Å². The zero-order valence-electron chi connectivity index (χ0n) is 21.2. The molecule has 1 aliphatic carbocycles. The minimum atomic E-state index is -4.71. The third-order valence-electron chi connectivity index (χ3n) is 7.95. The summed E-state index contributed by atoms with van der Waals surface area (Å²) < 4.78 is 87.3. The minimum absolute atomic E-state index is 0.0139. The molecule has 38 heavy (non-hydrogen) atoms. The number of aliphatic carboxylic acids is 1. The van der Waals surface area contributed by atoms with E-state index in [1.807, 2.05) is 6.92 Å². The lowest BCUT2D eigenvalue weighted by Gasteiger charge is -2.38. The lowest BCUT2D eigenvalue weighted by atomic mass is 9.87. The van der Waals surface area contributed by atoms with Crippen LogP contribution in [0.25, 0.3) is 10.8 Å². The van der Waals surface area contributed by atoms with E-state index in [2.05, 4.69) is 4.90 Å². The van der Waals surface area contributed by atoms with E-state index in [0.717, 1.165) is 31.4 Å². The van der Waals surface area contributed by atoms with Gasteiger partial charge in [-0.2, -0.15) is 26.3 Å². The Kier molecular flexibility index (Phi) is 8.49. The number of nitrogens with zero attached hydrogens (tertiary/aromatic N) is 1. The molecule has 10 heteroatoms. The molecule has 0 amide bonds. The van der Waals surface area contributed by atoms with Crippen molar-refractivity contribution in [3.05, 3.63) is 41.5 Å². The Balaban J connectivity index is 1.58. The maximum absolute atomic E-state index is 14.2. The molecule has 4 nitrogen and oxygen atoms in total. The summed E-state index contributed by atoms with van der Waals surface area (Å²) in [4.78, 5) is 13.4. The van der Waals surface area contributed by atoms with E-state index in [9.17, 15) is 36.2 Å². The molecule has 1 aliphatic heterocycles. The fourth-order valence-electron chi connectivity index (χ4n) is 6.11. The fraction of sp³-hybridized carbons (Fsp3) is 0.607. The van der Waals surface area contributed by atoms with E-state index in [1.54, 1.807) is 18.2 Å². The Morgan fingerprint density at radius 3 is 2.37 bits per heavy atom. The fourth-order valence-corrected chi connectivity index (χ4v) is 6.11. The second kappa shape index (κ2) is 11.3. The third-order valence-corrected chi connectivity index (χ3v) is 7.95. The number of carboxylic acids is 1. The maximum Gasteiger partial charge on any atom is 0.420 e. The summed E-state index contributed by atoms with van der Waals surface area (Å²) >= 11 is 0. The molecule has 1 N–H and O–H groups in total. The number of ether oxygens (including phenoxy) is 1. The molecule has 0 bridgehead atoms. The summed E-state index contributed by atoms with van der Waals surface area (Å²) in [7, 11) is 0. The van der Waals surface area contributed by atoms with Gasteiger partial charge in [-0.25, -0.2) is 0 Å². The zero-order chi connectivity index (χ0) is 27.7. The number of hydrogen-bond acceptors (Lipinski definition) is 3. The topological polar surface area (TPSA) is 49.8 Å². The van der Waals surface area contributed by atoms with Crippen molar-refractivity contribution in [2.45, 2.75) is 82.8 Å². The van der Waals surface area contributed by atoms with Crippen LogP contribution >= 0.6 is 0 Å². The summed E-state index contributed by atoms with van der Waals surface area (Å²) in [5.74, 6) is -2.58. The monoisotopic (exact) mass is 545 g/mol. The molecular weight excluding hydrogens is 512 g/mol. The largest absolute Gasteiger partial charge is 0.490 e. The van der Waals surface area contributed by atoms with Crippen LogP contribution in [-0.2, 0) is 11.0 Å². The Labute approximate surface area is 217 Å². The average molecular weight is 546 g/mol. The lowest BCUT2D eigenvalue weighted by molar-refractivity contribution is -0.185. The molecule has 0 spiro atoms. The van der Waals surface area contributed by atoms with Crippen LogP contribution < -0.4 is 4.74 Å². The summed E-state index contributed by atoms with van der Waals surface area (Å²) in [6, 6.07) is 7.67. The molecule has 210 valence electrons. The summed E-state index contributed by atoms with van der Waals surface area (Å²) in [6.07, 6.45) is -7.40. The smallest absolute Gasteiger partial charge is 0.420 e. The van der Waals surface area contributed by atoms with Crippen molar-refractivity contribution < 1.29 is 41.0 Å². The molecule has 4 rings (SSSR count). The molecule has 1 heterocycles. The van der Waals surface area contributed by atoms with Gasteiger partial charge in [-0.05, 0) is 85.9 Å². The van der Waals surface area contributed by atoms with Crippen molar-refractivity contribution in [2.24, 2.45) is 11.8 Å². The number of carbonyl (C=O) groups is 1. The van der Waals surface area contributed by atoms with Crippen LogP contribution in [0.5, 0.6) is 5.75 Å². The first-order valence-corrected chi connectivity index (χ1v) is 13.2. The zero-order valence-corrected chi connectivity index (χ0v) is 21.2. The first kappa shape index (κ1) is 28.5. The number of fused-ring (bicyclic) bond motifs is 1. The molecule has 2 aromatic carbocycles. The first-order valence-electron chi connectivity index (χ1n) is 13.2. The second-order valence-electron chi connectivity index (χ2n) is 10.6. The van der Waals surface area contributed by atoms with E-state index >= 15 is 0 Å². The molecule has 1 saturated carbocycles. The van der Waals surface area contributed by atoms with Crippen LogP contribution in [0.2, 0.25) is 0 Å². The Hall–Kier alpha value is -2.49. The molecule has 2 aromatic rings. The van der Waals surface area contributed by atoms with Gasteiger partial charge >= 0.3 is 18.3 Å². The highest BCUT2D eigenvalue weighted by atomic mass is 19.4. The predicted octanol–water partition coefficient (Wildman–Crippen LogP) is 8.00. The number of rotatable bonds is 7. The van der Waals surface area contributed by atoms with Gasteiger partial charge < -0.3 is 9.84 Å². The van der Waals surface area contributed by atoms with Crippen LogP contribution in [0.15, 0.2) is 30.3 Å². The highest BCUT2D eigenvalue weighted by Crippen LogP contribution is 2.44. The predicted molar refractivity (Wildman–Crippen MR) is 131 cm³/mol. The molecule has 1 saturated heterocycles. The van der Waals surface area contributed by atoms with Crippen molar-refractivity contribution in [1.82, 2.24) is 4.90 Å². The van der Waals surface area contributed by atoms with Gasteiger partial charge in [-0.15, -0.1) is 0 Å². The van der Waals surface area contributed by atoms with Gasteiger partial charge in [0.1, 0.15) is 11.3 Å². The number of halogens is 6. The third kappa shape index (κ3) is 6.55. The number of benzene rings is 2. The summed E-state index contributed by atoms with van der Waals surface area (Å²) in [5, 5.41) is 9.57. The highest BCUT2D eigenvalue weighted by Gasteiger charge is 2.43. The van der Waals surface area contributed by atoms with Crippen LogP contribution in [0.4, 0.5) is 26.3 Å². The van der Waals surface area contributed by atoms with Crippen LogP contribution in [0, 0.1) is 11.8 Å². The number of likely N-dealkylation sites (tertiary alicyclic amines) is 1. The van der Waals surface area contributed by atoms with Gasteiger partial charge in [0.2, 0.25) is 0 Å². The second-order valence-corrected chi connectivity index (χ2v) is 10.6. The Bertz CT molecular complexity index is 1120. The van der Waals surface area contributed by atoms with Crippen molar-refractivity contribution >= 4 is 16.7 Å². The molecule has 2 atom stereocenters. The first-order chi connectivity index (χ1) is 17.9. The number of alkyl halides is 6. The lowest BCUT2D eigenvalue weighted by Crippen LogP contribution is -2.38. The molecule has 2 aliphatic rings. The maximum atomic E-state index is 14.2. The van der Waals surface area contributed by atoms with Crippen LogP contribution in [0.1, 0.15) is 75.5 Å². The SMILES string of the molecule is CC[C@@H](c1ccc2c(C(F)(F)F)c(OC3CCC(C(F)(F)F)CC3)ccc2c1)N1CCC[C@H](CC(=O)O)C1. The highest BCUT2D eigenvalue weighted by molar-refractivity contribution is 5.89. The quantitative estimate of drug-likeness (QED) is 0.358. The average Bonchev–Trinajstić information content (AvgIpc) is 2.83. The van der Waals surface area contributed by atoms with Crippen molar-refractivity contribution in [3.8, 4) is 5.75 Å². The van der Waals surface area contributed by atoms with Crippen molar-refractivity contribution in [1.29, 1.82) is 0 Å². The van der Waals surface area contributed by atoms with E-state index in [4.69, 9.17) is 4.74 Å². The van der Waals surface area contributed by atoms with Crippen molar-refractivity contribution in [2.75, 3.05) is 13.1 Å². The number of carboxylic acid groups (broad SMARTS) is 1. The van der Waals surface area contributed by atoms with Gasteiger partial charge in [0, 0.05) is 19.0 Å². The number of hydrogen-bond donors (Lipinski definition) is 1. The Morgan fingerprint density at radius 2 is 1.76 bits per heavy atom. The van der Waals surface area contributed by atoms with Gasteiger partial charge in [-0.3, -0.25) is 9.69 Å². The molecular formula is C28H33F6NO3. The van der Waals surface area contributed by atoms with Gasteiger partial charge in [0.05, 0.1) is 12.0 Å². The van der Waals surface area contributed by atoms with Crippen LogP contribution in [0.3, 0.4) is 0 Å². The van der Waals surface area contributed by atoms with Gasteiger partial charge in [-0.1, -0.05) is 25.1 Å². The van der Waals surface area contributed by atoms with Crippen LogP contribution in [-0.4, -0.2) is 41.3 Å². The standard InChI is InChI=1S/C28H33F6NO3/c1-2-23(35-13-3-4-17(16-35)14-25(36)37)19-5-11-22-18(15-19)6-12-24(26(22)28(32,33)34)38-21-9-7-20(8-10-21)27(29,30)31/h5-6,11-12,15,17,20-21,23H,2-4,7-10,13-14,16H2,1H3,(H,36,37)/t17-,20?,21?,23+/m1/s1. The Morgan fingerprint density at radius 1 is 1.05 bits per heavy atom. The summed E-state index contributed by atoms with van der Waals surface area (Å²) in [5.41, 5.74) is -0.0460. The van der Waals surface area contributed by atoms with E-state index in [1.165, 1.54) is 12.1 Å².